The number of rotatable bonds is 3. The van der Waals surface area contributed by atoms with Crippen molar-refractivity contribution in [2.75, 3.05) is 6.54 Å². The molecule has 2 nitrogen and oxygen atoms in total. The molecule has 0 amide bonds. The van der Waals surface area contributed by atoms with Crippen molar-refractivity contribution in [2.45, 2.75) is 64.0 Å². The smallest absolute Gasteiger partial charge is 0.125 e. The zero-order valence-corrected chi connectivity index (χ0v) is 13.9. The normalized spacial score (nSPS) is 31.8. The maximum Gasteiger partial charge on any atom is 0.125 e. The first-order chi connectivity index (χ1) is 10.1. The molecule has 0 radical (unpaired) electrons. The van der Waals surface area contributed by atoms with Crippen LogP contribution in [-0.4, -0.2) is 12.1 Å². The van der Waals surface area contributed by atoms with Crippen LogP contribution in [0.15, 0.2) is 18.2 Å². The van der Waals surface area contributed by atoms with Gasteiger partial charge in [-0.05, 0) is 56.3 Å². The zero-order valence-electron chi connectivity index (χ0n) is 13.1. The fourth-order valence-corrected chi connectivity index (χ4v) is 4.12. The molecule has 116 valence electrons. The second kappa shape index (κ2) is 6.18. The number of fused-ring (bicyclic) bond motifs is 1. The van der Waals surface area contributed by atoms with E-state index in [0.29, 0.717) is 12.0 Å². The van der Waals surface area contributed by atoms with E-state index in [4.69, 9.17) is 16.3 Å². The van der Waals surface area contributed by atoms with Crippen LogP contribution < -0.4 is 10.1 Å². The average molecular weight is 308 g/mol. The summed E-state index contributed by atoms with van der Waals surface area (Å²) in [4.78, 5) is 0. The number of hydrogen-bond acceptors (Lipinski definition) is 2. The van der Waals surface area contributed by atoms with E-state index in [-0.39, 0.29) is 5.60 Å². The molecule has 1 N–H and O–H groups in total. The molecule has 1 aromatic rings. The molecular formula is C18H26ClNO. The van der Waals surface area contributed by atoms with Gasteiger partial charge in [0.2, 0.25) is 0 Å². The summed E-state index contributed by atoms with van der Waals surface area (Å²) in [7, 11) is 0. The minimum atomic E-state index is 0.0183. The van der Waals surface area contributed by atoms with Crippen LogP contribution in [0, 0.1) is 5.92 Å². The van der Waals surface area contributed by atoms with Crippen LogP contribution in [0.2, 0.25) is 5.02 Å². The van der Waals surface area contributed by atoms with Crippen molar-refractivity contribution in [1.29, 1.82) is 0 Å². The van der Waals surface area contributed by atoms with E-state index >= 15 is 0 Å². The summed E-state index contributed by atoms with van der Waals surface area (Å²) < 4.78 is 6.54. The van der Waals surface area contributed by atoms with E-state index in [1.54, 1.807) is 0 Å². The average Bonchev–Trinajstić information content (AvgIpc) is 2.49. The molecule has 3 unspecified atom stereocenters. The Bertz CT molecular complexity index is 504. The van der Waals surface area contributed by atoms with Gasteiger partial charge in [0, 0.05) is 23.0 Å². The zero-order chi connectivity index (χ0) is 14.9. The van der Waals surface area contributed by atoms with Gasteiger partial charge in [-0.2, -0.15) is 0 Å². The fraction of sp³-hybridized carbons (Fsp3) is 0.667. The fourth-order valence-electron chi connectivity index (χ4n) is 3.94. The van der Waals surface area contributed by atoms with Crippen molar-refractivity contribution in [2.24, 2.45) is 5.92 Å². The van der Waals surface area contributed by atoms with Gasteiger partial charge in [0.15, 0.2) is 0 Å². The number of nitrogens with one attached hydrogen (secondary N) is 1. The van der Waals surface area contributed by atoms with Gasteiger partial charge in [-0.15, -0.1) is 0 Å². The molecule has 3 heteroatoms. The highest BCUT2D eigenvalue weighted by atomic mass is 35.5. The van der Waals surface area contributed by atoms with Gasteiger partial charge in [-0.3, -0.25) is 0 Å². The highest BCUT2D eigenvalue weighted by Gasteiger charge is 2.45. The molecule has 1 heterocycles. The molecule has 3 atom stereocenters. The first-order valence-corrected chi connectivity index (χ1v) is 8.74. The van der Waals surface area contributed by atoms with Crippen LogP contribution >= 0.6 is 11.6 Å². The summed E-state index contributed by atoms with van der Waals surface area (Å²) in [6, 6.07) is 6.45. The lowest BCUT2D eigenvalue weighted by molar-refractivity contribution is -0.0443. The van der Waals surface area contributed by atoms with Gasteiger partial charge in [-0.25, -0.2) is 0 Å². The maximum absolute atomic E-state index is 6.54. The van der Waals surface area contributed by atoms with Crippen molar-refractivity contribution < 1.29 is 4.74 Å². The predicted molar refractivity (Wildman–Crippen MR) is 88.1 cm³/mol. The van der Waals surface area contributed by atoms with E-state index in [2.05, 4.69) is 31.3 Å². The quantitative estimate of drug-likeness (QED) is 0.837. The minimum Gasteiger partial charge on any atom is -0.487 e. The monoisotopic (exact) mass is 307 g/mol. The lowest BCUT2D eigenvalue weighted by atomic mass is 9.70. The lowest BCUT2D eigenvalue weighted by Gasteiger charge is -2.48. The van der Waals surface area contributed by atoms with Crippen molar-refractivity contribution >= 4 is 11.6 Å². The van der Waals surface area contributed by atoms with Crippen LogP contribution in [0.1, 0.15) is 64.0 Å². The third-order valence-corrected chi connectivity index (χ3v) is 5.47. The summed E-state index contributed by atoms with van der Waals surface area (Å²) in [5.41, 5.74) is 1.25. The van der Waals surface area contributed by atoms with Gasteiger partial charge < -0.3 is 10.1 Å². The molecule has 1 aliphatic carbocycles. The van der Waals surface area contributed by atoms with Crippen molar-refractivity contribution in [3.63, 3.8) is 0 Å². The van der Waals surface area contributed by atoms with E-state index in [9.17, 15) is 0 Å². The Morgan fingerprint density at radius 2 is 2.24 bits per heavy atom. The molecule has 21 heavy (non-hydrogen) atoms. The van der Waals surface area contributed by atoms with Crippen LogP contribution in [0.3, 0.4) is 0 Å². The Morgan fingerprint density at radius 3 is 3.00 bits per heavy atom. The molecule has 2 aliphatic rings. The highest BCUT2D eigenvalue weighted by molar-refractivity contribution is 6.30. The maximum atomic E-state index is 6.54. The molecular weight excluding hydrogens is 282 g/mol. The van der Waals surface area contributed by atoms with Crippen LogP contribution in [-0.2, 0) is 0 Å². The van der Waals surface area contributed by atoms with Crippen LogP contribution in [0.4, 0.5) is 0 Å². The summed E-state index contributed by atoms with van der Waals surface area (Å²) in [6.45, 7) is 5.61. The SMILES string of the molecule is CCCNC1CC2(CCCCC2C)Oc2ccc(Cl)cc21. The Hall–Kier alpha value is -0.730. The summed E-state index contributed by atoms with van der Waals surface area (Å²) in [5, 5.41) is 4.51. The largest absolute Gasteiger partial charge is 0.487 e. The highest BCUT2D eigenvalue weighted by Crippen LogP contribution is 2.49. The Labute approximate surface area is 133 Å². The molecule has 0 bridgehead atoms. The Morgan fingerprint density at radius 1 is 1.38 bits per heavy atom. The predicted octanol–water partition coefficient (Wildman–Crippen LogP) is 5.11. The molecule has 1 aliphatic heterocycles. The Balaban J connectivity index is 1.94. The minimum absolute atomic E-state index is 0.0183. The van der Waals surface area contributed by atoms with Crippen LogP contribution in [0.25, 0.3) is 0 Å². The molecule has 1 saturated carbocycles. The second-order valence-corrected chi connectivity index (χ2v) is 7.14. The first kappa shape index (κ1) is 15.2. The third kappa shape index (κ3) is 2.93. The van der Waals surface area contributed by atoms with Gasteiger partial charge in [0.1, 0.15) is 11.4 Å². The van der Waals surface area contributed by atoms with E-state index < -0.39 is 0 Å². The van der Waals surface area contributed by atoms with Gasteiger partial charge in [0.25, 0.3) is 0 Å². The van der Waals surface area contributed by atoms with E-state index in [1.165, 1.54) is 31.2 Å². The van der Waals surface area contributed by atoms with Gasteiger partial charge in [-0.1, -0.05) is 31.9 Å². The lowest BCUT2D eigenvalue weighted by Crippen LogP contribution is -2.50. The van der Waals surface area contributed by atoms with Crippen molar-refractivity contribution in [3.05, 3.63) is 28.8 Å². The molecule has 1 aromatic carbocycles. The van der Waals surface area contributed by atoms with E-state index in [0.717, 1.165) is 30.2 Å². The molecule has 1 spiro atoms. The number of benzene rings is 1. The summed E-state index contributed by atoms with van der Waals surface area (Å²) in [5.74, 6) is 1.66. The van der Waals surface area contributed by atoms with Gasteiger partial charge in [0.05, 0.1) is 0 Å². The molecule has 1 fully saturated rings. The topological polar surface area (TPSA) is 21.3 Å². The molecule has 3 rings (SSSR count). The standard InChI is InChI=1S/C18H26ClNO/c1-3-10-20-16-12-18(9-5-4-6-13(18)2)21-17-8-7-14(19)11-15(16)17/h7-8,11,13,16,20H,3-6,9-10,12H2,1-2H3. The second-order valence-electron chi connectivity index (χ2n) is 6.71. The van der Waals surface area contributed by atoms with Gasteiger partial charge >= 0.3 is 0 Å². The van der Waals surface area contributed by atoms with Crippen molar-refractivity contribution in [3.8, 4) is 5.75 Å². The number of hydrogen-bond donors (Lipinski definition) is 1. The molecule has 0 saturated heterocycles. The summed E-state index contributed by atoms with van der Waals surface area (Å²) in [6.07, 6.45) is 7.31. The number of halogens is 1. The molecule has 0 aromatic heterocycles. The number of ether oxygens (including phenoxy) is 1. The summed E-state index contributed by atoms with van der Waals surface area (Å²) >= 11 is 6.20. The third-order valence-electron chi connectivity index (χ3n) is 5.24. The van der Waals surface area contributed by atoms with E-state index in [1.807, 2.05) is 6.07 Å². The van der Waals surface area contributed by atoms with Crippen LogP contribution in [0.5, 0.6) is 5.75 Å². The first-order valence-electron chi connectivity index (χ1n) is 8.36. The Kier molecular flexibility index (Phi) is 4.46. The van der Waals surface area contributed by atoms with Crippen molar-refractivity contribution in [1.82, 2.24) is 5.32 Å².